The molecule has 0 unspecified atom stereocenters. The van der Waals surface area contributed by atoms with Gasteiger partial charge in [-0.3, -0.25) is 0 Å². The molecular formula is C64H45NO. The monoisotopic (exact) mass is 843 g/mol. The Morgan fingerprint density at radius 2 is 0.803 bits per heavy atom. The zero-order chi connectivity index (χ0) is 44.1. The van der Waals surface area contributed by atoms with Crippen molar-refractivity contribution in [2.24, 2.45) is 0 Å². The molecule has 1 heterocycles. The number of furan rings is 1. The van der Waals surface area contributed by atoms with Crippen LogP contribution in [0.3, 0.4) is 0 Å². The van der Waals surface area contributed by atoms with Gasteiger partial charge in [0.15, 0.2) is 0 Å². The highest BCUT2D eigenvalue weighted by atomic mass is 16.3. The van der Waals surface area contributed by atoms with Gasteiger partial charge in [0.2, 0.25) is 0 Å². The van der Waals surface area contributed by atoms with E-state index in [1.807, 2.05) is 0 Å². The maximum Gasteiger partial charge on any atom is 0.143 e. The predicted octanol–water partition coefficient (Wildman–Crippen LogP) is 17.9. The van der Waals surface area contributed by atoms with Crippen LogP contribution in [0.4, 0.5) is 17.1 Å². The van der Waals surface area contributed by atoms with E-state index in [0.29, 0.717) is 0 Å². The lowest BCUT2D eigenvalue weighted by atomic mass is 9.81. The van der Waals surface area contributed by atoms with Gasteiger partial charge in [0, 0.05) is 44.2 Å². The SMILES string of the molecule is CC1(C)c2ccccc2-c2ccc(-c3c4ccccc4cc4c3oc3ccc(N(c5ccc6c(c5)C(C)(C)c5ccccc5-6)c5ccc6c7ccccc7c7ccccc7c6c5)cc34)cc21. The lowest BCUT2D eigenvalue weighted by Crippen LogP contribution is -2.16. The summed E-state index contributed by atoms with van der Waals surface area (Å²) in [5.74, 6) is 0. The minimum absolute atomic E-state index is 0.115. The normalized spacial score (nSPS) is 14.3. The Morgan fingerprint density at radius 3 is 1.47 bits per heavy atom. The molecule has 0 aliphatic heterocycles. The van der Waals surface area contributed by atoms with E-state index >= 15 is 0 Å². The summed E-state index contributed by atoms with van der Waals surface area (Å²) < 4.78 is 7.08. The Hall–Kier alpha value is -7.94. The van der Waals surface area contributed by atoms with Crippen LogP contribution in [0.25, 0.3) is 98.4 Å². The number of hydrogen-bond acceptors (Lipinski definition) is 2. The molecule has 14 rings (SSSR count). The Bertz CT molecular complexity index is 4030. The van der Waals surface area contributed by atoms with Crippen molar-refractivity contribution >= 4 is 82.1 Å². The van der Waals surface area contributed by atoms with Crippen LogP contribution in [-0.2, 0) is 10.8 Å². The van der Waals surface area contributed by atoms with Gasteiger partial charge in [-0.05, 0) is 148 Å². The molecule has 0 amide bonds. The van der Waals surface area contributed by atoms with Crippen molar-refractivity contribution in [3.05, 3.63) is 222 Å². The molecule has 0 radical (unpaired) electrons. The fourth-order valence-electron chi connectivity index (χ4n) is 12.2. The fourth-order valence-corrected chi connectivity index (χ4v) is 12.2. The highest BCUT2D eigenvalue weighted by Crippen LogP contribution is 2.53. The highest BCUT2D eigenvalue weighted by Gasteiger charge is 2.37. The Morgan fingerprint density at radius 1 is 0.333 bits per heavy atom. The molecule has 11 aromatic carbocycles. The molecule has 0 spiro atoms. The van der Waals surface area contributed by atoms with E-state index in [1.54, 1.807) is 0 Å². The minimum atomic E-state index is -0.149. The van der Waals surface area contributed by atoms with Crippen LogP contribution >= 0.6 is 0 Å². The maximum absolute atomic E-state index is 7.08. The second-order valence-electron chi connectivity index (χ2n) is 19.6. The van der Waals surface area contributed by atoms with Crippen LogP contribution in [0.2, 0.25) is 0 Å². The zero-order valence-electron chi connectivity index (χ0n) is 37.4. The summed E-state index contributed by atoms with van der Waals surface area (Å²) in [6.45, 7) is 9.45. The van der Waals surface area contributed by atoms with Gasteiger partial charge in [-0.1, -0.05) is 173 Å². The molecule has 1 aromatic heterocycles. The second kappa shape index (κ2) is 13.3. The van der Waals surface area contributed by atoms with Gasteiger partial charge >= 0.3 is 0 Å². The fraction of sp³-hybridized carbons (Fsp3) is 0.0938. The molecule has 0 atom stereocenters. The third-order valence-corrected chi connectivity index (χ3v) is 15.4. The summed E-state index contributed by atoms with van der Waals surface area (Å²) in [6.07, 6.45) is 0. The Balaban J connectivity index is 1.01. The molecule has 66 heavy (non-hydrogen) atoms. The topological polar surface area (TPSA) is 16.4 Å². The van der Waals surface area contributed by atoms with E-state index in [2.05, 4.69) is 233 Å². The number of anilines is 3. The summed E-state index contributed by atoms with van der Waals surface area (Å²) in [5.41, 5.74) is 17.9. The summed E-state index contributed by atoms with van der Waals surface area (Å²) in [5, 5.41) is 12.2. The number of hydrogen-bond donors (Lipinski definition) is 0. The highest BCUT2D eigenvalue weighted by molar-refractivity contribution is 6.26. The van der Waals surface area contributed by atoms with Gasteiger partial charge in [-0.25, -0.2) is 0 Å². The van der Waals surface area contributed by atoms with Gasteiger partial charge in [-0.15, -0.1) is 0 Å². The van der Waals surface area contributed by atoms with Gasteiger partial charge < -0.3 is 9.32 Å². The number of benzene rings is 11. The molecule has 2 aliphatic carbocycles. The number of fused-ring (bicyclic) bond motifs is 16. The van der Waals surface area contributed by atoms with Gasteiger partial charge in [0.05, 0.1) is 0 Å². The van der Waals surface area contributed by atoms with Crippen molar-refractivity contribution in [2.45, 2.75) is 38.5 Å². The van der Waals surface area contributed by atoms with E-state index in [4.69, 9.17) is 4.42 Å². The van der Waals surface area contributed by atoms with Crippen molar-refractivity contribution in [1.82, 2.24) is 0 Å². The van der Waals surface area contributed by atoms with Crippen LogP contribution < -0.4 is 4.90 Å². The zero-order valence-corrected chi connectivity index (χ0v) is 37.4. The van der Waals surface area contributed by atoms with E-state index in [-0.39, 0.29) is 10.8 Å². The molecule has 0 bridgehead atoms. The van der Waals surface area contributed by atoms with Gasteiger partial charge in [0.1, 0.15) is 11.2 Å². The lowest BCUT2D eigenvalue weighted by Gasteiger charge is -2.28. The molecule has 2 heteroatoms. The van der Waals surface area contributed by atoms with Crippen molar-refractivity contribution in [3.63, 3.8) is 0 Å². The molecule has 312 valence electrons. The van der Waals surface area contributed by atoms with Crippen molar-refractivity contribution in [2.75, 3.05) is 4.90 Å². The molecule has 0 N–H and O–H groups in total. The second-order valence-corrected chi connectivity index (χ2v) is 19.6. The van der Waals surface area contributed by atoms with Crippen LogP contribution in [0, 0.1) is 0 Å². The predicted molar refractivity (Wildman–Crippen MR) is 279 cm³/mol. The van der Waals surface area contributed by atoms with Gasteiger partial charge in [-0.2, -0.15) is 0 Å². The van der Waals surface area contributed by atoms with E-state index < -0.39 is 0 Å². The first-order valence-electron chi connectivity index (χ1n) is 23.2. The smallest absolute Gasteiger partial charge is 0.143 e. The Kier molecular flexibility index (Phi) is 7.55. The standard InChI is InChI=1S/C64H45NO/c1-63(2)56-23-13-11-21-49(56)51-29-25-39(34-58(51)63)61-43-16-6-5-15-38(43)33-55-54-36-41(28-32-60(54)66-62(55)61)65(42-27-31-52-50-22-12-14-24-57(50)64(3,4)59(52)37-42)40-26-30-48-46-19-8-7-17-44(46)45-18-9-10-20-47(45)53(48)35-40/h5-37H,1-4H3. The van der Waals surface area contributed by atoms with Crippen molar-refractivity contribution in [3.8, 4) is 33.4 Å². The van der Waals surface area contributed by atoms with Crippen molar-refractivity contribution in [1.29, 1.82) is 0 Å². The first-order chi connectivity index (χ1) is 32.2. The summed E-state index contributed by atoms with van der Waals surface area (Å²) in [6, 6.07) is 74.6. The molecule has 2 aliphatic rings. The van der Waals surface area contributed by atoms with Crippen LogP contribution in [0.5, 0.6) is 0 Å². The van der Waals surface area contributed by atoms with E-state index in [1.165, 1.54) is 93.2 Å². The average molecular weight is 844 g/mol. The average Bonchev–Trinajstić information content (AvgIpc) is 3.92. The third-order valence-electron chi connectivity index (χ3n) is 15.4. The van der Waals surface area contributed by atoms with E-state index in [0.717, 1.165) is 44.6 Å². The molecule has 0 saturated carbocycles. The summed E-state index contributed by atoms with van der Waals surface area (Å²) >= 11 is 0. The number of rotatable bonds is 4. The molecule has 0 saturated heterocycles. The molecule has 12 aromatic rings. The van der Waals surface area contributed by atoms with E-state index in [9.17, 15) is 0 Å². The molecule has 0 fully saturated rings. The van der Waals surface area contributed by atoms with Crippen LogP contribution in [0.15, 0.2) is 205 Å². The van der Waals surface area contributed by atoms with Crippen LogP contribution in [0.1, 0.15) is 49.9 Å². The molecular weight excluding hydrogens is 799 g/mol. The largest absolute Gasteiger partial charge is 0.455 e. The van der Waals surface area contributed by atoms with Crippen molar-refractivity contribution < 1.29 is 4.42 Å². The first-order valence-corrected chi connectivity index (χ1v) is 23.2. The first kappa shape index (κ1) is 37.4. The van der Waals surface area contributed by atoms with Gasteiger partial charge in [0.25, 0.3) is 0 Å². The van der Waals surface area contributed by atoms with Crippen LogP contribution in [-0.4, -0.2) is 0 Å². The quantitative estimate of drug-likeness (QED) is 0.164. The maximum atomic E-state index is 7.08. The Labute approximate surface area is 384 Å². The third kappa shape index (κ3) is 5.07. The lowest BCUT2D eigenvalue weighted by molar-refractivity contribution is 0.660. The summed E-state index contributed by atoms with van der Waals surface area (Å²) in [4.78, 5) is 2.46. The summed E-state index contributed by atoms with van der Waals surface area (Å²) in [7, 11) is 0. The minimum Gasteiger partial charge on any atom is -0.455 e. The molecule has 2 nitrogen and oxygen atoms in total. The number of nitrogens with zero attached hydrogens (tertiary/aromatic N) is 1.